The molecular formula is C90H164N26O13S. The third-order valence-electron chi connectivity index (χ3n) is 27.5. The number of carbonyl (C=O) groups is 9. The average Bonchev–Trinajstić information content (AvgIpc) is 1.40. The number of nitrogens with zero attached hydrogens (tertiary/aromatic N) is 1. The summed E-state index contributed by atoms with van der Waals surface area (Å²) < 4.78 is 23.6. The molecule has 9 amide bonds. The molecule has 5 aliphatic carbocycles. The molecule has 1 saturated heterocycles. The van der Waals surface area contributed by atoms with E-state index in [9.17, 15) is 43.2 Å². The van der Waals surface area contributed by atoms with Crippen molar-refractivity contribution >= 4 is 101 Å². The van der Waals surface area contributed by atoms with Gasteiger partial charge >= 0.3 is 6.09 Å². The lowest BCUT2D eigenvalue weighted by Gasteiger charge is -2.58. The lowest BCUT2D eigenvalue weighted by Crippen LogP contribution is -2.60. The number of guanidine groups is 6. The van der Waals surface area contributed by atoms with E-state index in [2.05, 4.69) is 110 Å². The number of carbonyl (C=O) groups excluding carboxylic acids is 9. The molecule has 1 heterocycles. The standard InChI is InChI=1S/C90H164N26O13S/c1-57(2)19-11-20-58(3)64-34-35-65-63-33-32-61-55-62(36-39-89(61,4)66(63)37-40-90(64,65)5)129-88(125)110-47-18-48-126-50-52-128-53-51-127-49-38-60-30-28-59(29-31-60)21-9-7-8-10-54-130-73-56-74(117)116(81(73)124)72(27-17-46-109-87(101)102)80(123)115-71(26-16-45-108-86(99)100)79(122)114-70(25-15-44-107-85(97)98)78(121)113-69(24-14-43-106-84(95)96)77(120)112-68(23-13-42-105-83(93)94)76(119)111-67(75(118)103-6)22-12-41-104-82(91)92/h32,57-60,62-73H,7-31,33-56H2,1-6H3,(H,103,118)(H,110,125)(H,111,119)(H,112,120)(H,113,121)(H,114,122)(H,115,123)(H4,91,92,104)(H4,93,94,105)(H4,95,96,106)(H4,97,98,107)(H4,99,100,108)(H4,101,102,109)/t58-,59?,60?,62-,63?,64+,65?,66?,67-,68-,69-,70-,71-,72-,73?,89-,90+/m0/s1. The maximum Gasteiger partial charge on any atom is 0.407 e. The third-order valence-corrected chi connectivity index (χ3v) is 28.8. The largest absolute Gasteiger partial charge is 0.446 e. The van der Waals surface area contributed by atoms with E-state index in [0.717, 1.165) is 98.2 Å². The SMILES string of the molecule is CNC(=O)[C@H](CCCNC(=N)N)NC(=O)[C@H](CCCNC(=N)N)NC(=O)[C@H](CCCNC(=N)N)NC(=O)[C@H](CCCNC(=N)N)NC(=O)[C@H](CCCNC(=N)N)NC(=O)[C@H](CCCNC(=N)N)N1C(=O)CC(SCCCCCCC2CCC(CCOCCOCCOCCCNC(=O)O[C@H]3CC[C@@]4(C)C(=CCC5C4CC[C@@]4(C)C5CC[C@@H]4[C@@H](C)CCCC(C)C)C3)CC2)C1=O. The molecule has 0 radical (unpaired) electrons. The van der Waals surface area contributed by atoms with Gasteiger partial charge in [0.2, 0.25) is 47.3 Å². The average molecular weight is 1850 g/mol. The summed E-state index contributed by atoms with van der Waals surface area (Å²) in [5.41, 5.74) is 35.5. The molecule has 0 bridgehead atoms. The van der Waals surface area contributed by atoms with Crippen molar-refractivity contribution in [2.45, 2.75) is 307 Å². The Morgan fingerprint density at radius 1 is 0.454 bits per heavy atom. The van der Waals surface area contributed by atoms with Crippen molar-refractivity contribution in [3.8, 4) is 0 Å². The summed E-state index contributed by atoms with van der Waals surface area (Å²) in [5, 5.41) is 80.1. The van der Waals surface area contributed by atoms with Crippen LogP contribution >= 0.6 is 11.8 Å². The Morgan fingerprint density at radius 2 is 0.892 bits per heavy atom. The van der Waals surface area contributed by atoms with Crippen LogP contribution < -0.4 is 104 Å². The van der Waals surface area contributed by atoms with Crippen LogP contribution in [-0.2, 0) is 57.3 Å². The van der Waals surface area contributed by atoms with Crippen molar-refractivity contribution in [2.24, 2.45) is 92.6 Å². The molecule has 0 aromatic rings. The predicted octanol–water partition coefficient (Wildman–Crippen LogP) is 4.69. The van der Waals surface area contributed by atoms with Gasteiger partial charge in [-0.15, -0.1) is 11.8 Å². The van der Waals surface area contributed by atoms with Crippen molar-refractivity contribution in [3.63, 3.8) is 0 Å². The van der Waals surface area contributed by atoms with E-state index < -0.39 is 88.8 Å². The molecular weight excluding hydrogens is 1690 g/mol. The highest BCUT2D eigenvalue weighted by Gasteiger charge is 2.59. The minimum atomic E-state index is -1.48. The van der Waals surface area contributed by atoms with Gasteiger partial charge in [0.05, 0.1) is 31.7 Å². The second-order valence-corrected chi connectivity index (χ2v) is 38.9. The number of likely N-dealkylation sites (tertiary alicyclic amines) is 1. The number of ether oxygens (including phenoxy) is 4. The quantitative estimate of drug-likeness (QED) is 0.0129. The fourth-order valence-electron chi connectivity index (χ4n) is 20.5. The number of amides is 9. The zero-order valence-corrected chi connectivity index (χ0v) is 79.4. The Balaban J connectivity index is 0.904. The number of hydrogen-bond donors (Lipinski definition) is 25. The number of unbranched alkanes of at least 4 members (excludes halogenated alkanes) is 3. The van der Waals surface area contributed by atoms with Crippen LogP contribution in [0, 0.1) is 90.6 Å². The number of fused-ring (bicyclic) bond motifs is 5. The van der Waals surface area contributed by atoms with Crippen LogP contribution in [0.5, 0.6) is 0 Å². The molecule has 39 nitrogen and oxygen atoms in total. The zero-order valence-electron chi connectivity index (χ0n) is 78.6. The van der Waals surface area contributed by atoms with E-state index in [4.69, 9.17) is 85.8 Å². The second-order valence-electron chi connectivity index (χ2n) is 37.6. The summed E-state index contributed by atoms with van der Waals surface area (Å²) in [4.78, 5) is 129. The minimum absolute atomic E-state index is 0.0464. The summed E-state index contributed by atoms with van der Waals surface area (Å²) in [5.74, 6) is -1.40. The number of thioether (sulfide) groups is 1. The minimum Gasteiger partial charge on any atom is -0.446 e. The molecule has 6 aliphatic rings. The Labute approximate surface area is 775 Å². The first kappa shape index (κ1) is 110. The smallest absolute Gasteiger partial charge is 0.407 e. The van der Waals surface area contributed by atoms with E-state index in [1.807, 2.05) is 0 Å². The van der Waals surface area contributed by atoms with Gasteiger partial charge in [-0.05, 0) is 205 Å². The van der Waals surface area contributed by atoms with Crippen LogP contribution in [0.4, 0.5) is 4.79 Å². The van der Waals surface area contributed by atoms with E-state index in [1.54, 1.807) is 0 Å². The van der Waals surface area contributed by atoms with Crippen molar-refractivity contribution in [1.29, 1.82) is 32.5 Å². The number of likely N-dealkylation sites (N-methyl/N-ethyl adjacent to an activating group) is 1. The van der Waals surface area contributed by atoms with E-state index >= 15 is 0 Å². The first-order chi connectivity index (χ1) is 62.1. The van der Waals surface area contributed by atoms with Crippen LogP contribution in [-0.4, -0.2) is 240 Å². The van der Waals surface area contributed by atoms with Gasteiger partial charge in [-0.25, -0.2) is 4.79 Å². The lowest BCUT2D eigenvalue weighted by atomic mass is 9.47. The topological polar surface area (TPSA) is 649 Å². The highest BCUT2D eigenvalue weighted by molar-refractivity contribution is 8.00. The molecule has 0 aromatic heterocycles. The fraction of sp³-hybridized carbons (Fsp3) is 0.811. The van der Waals surface area contributed by atoms with Gasteiger partial charge in [0.25, 0.3) is 0 Å². The number of imide groups is 1. The number of hydrogen-bond acceptors (Lipinski definition) is 20. The van der Waals surface area contributed by atoms with E-state index in [-0.39, 0.29) is 170 Å². The Bertz CT molecular complexity index is 3650. The maximum absolute atomic E-state index is 14.9. The van der Waals surface area contributed by atoms with Crippen molar-refractivity contribution in [1.82, 2.24) is 74.0 Å². The molecule has 0 aromatic carbocycles. The van der Waals surface area contributed by atoms with Crippen molar-refractivity contribution in [2.75, 3.05) is 98.3 Å². The molecule has 6 rings (SSSR count). The molecule has 0 spiro atoms. The van der Waals surface area contributed by atoms with E-state index in [0.29, 0.717) is 82.0 Å². The van der Waals surface area contributed by atoms with Gasteiger partial charge in [0, 0.05) is 78.9 Å². The van der Waals surface area contributed by atoms with Crippen molar-refractivity contribution < 1.29 is 62.1 Å². The molecule has 1 aliphatic heterocycles. The summed E-state index contributed by atoms with van der Waals surface area (Å²) in [6.07, 6.45) is 27.6. The number of allylic oxidation sites excluding steroid dienone is 1. The Morgan fingerprint density at radius 3 is 1.37 bits per heavy atom. The maximum atomic E-state index is 14.9. The number of rotatable bonds is 63. The third kappa shape index (κ3) is 38.6. The zero-order chi connectivity index (χ0) is 95.1. The monoisotopic (exact) mass is 1850 g/mol. The van der Waals surface area contributed by atoms with Crippen LogP contribution in [0.3, 0.4) is 0 Å². The molecule has 4 unspecified atom stereocenters. The highest BCUT2D eigenvalue weighted by atomic mass is 32.2. The van der Waals surface area contributed by atoms with Gasteiger partial charge in [-0.3, -0.25) is 75.7 Å². The second kappa shape index (κ2) is 58.7. The Kier molecular flexibility index (Phi) is 49.4. The first-order valence-corrected chi connectivity index (χ1v) is 49.2. The van der Waals surface area contributed by atoms with Crippen LogP contribution in [0.15, 0.2) is 11.6 Å². The Hall–Kier alpha value is -9.18. The van der Waals surface area contributed by atoms with Gasteiger partial charge in [-0.2, -0.15) is 0 Å². The summed E-state index contributed by atoms with van der Waals surface area (Å²) in [6, 6.07) is -8.28. The summed E-state index contributed by atoms with van der Waals surface area (Å²) in [7, 11) is 1.38. The highest BCUT2D eigenvalue weighted by Crippen LogP contribution is 2.67. The molecule has 31 N–H and O–H groups in total. The molecule has 40 heteroatoms. The van der Waals surface area contributed by atoms with Gasteiger partial charge < -0.3 is 122 Å². The molecule has 5 fully saturated rings. The predicted molar refractivity (Wildman–Crippen MR) is 507 cm³/mol. The van der Waals surface area contributed by atoms with Crippen molar-refractivity contribution in [3.05, 3.63) is 11.6 Å². The fourth-order valence-corrected chi connectivity index (χ4v) is 21.7. The van der Waals surface area contributed by atoms with Gasteiger partial charge in [0.15, 0.2) is 35.8 Å². The summed E-state index contributed by atoms with van der Waals surface area (Å²) in [6.45, 7) is 16.7. The molecule has 15 atom stereocenters. The molecule has 130 heavy (non-hydrogen) atoms. The molecule has 738 valence electrons. The number of nitrogens with one attached hydrogen (secondary N) is 19. The van der Waals surface area contributed by atoms with Crippen LogP contribution in [0.2, 0.25) is 0 Å². The van der Waals surface area contributed by atoms with Crippen LogP contribution in [0.1, 0.15) is 259 Å². The van der Waals surface area contributed by atoms with Crippen LogP contribution in [0.25, 0.3) is 0 Å². The first-order valence-electron chi connectivity index (χ1n) is 48.2. The van der Waals surface area contributed by atoms with E-state index in [1.165, 1.54) is 101 Å². The lowest BCUT2D eigenvalue weighted by molar-refractivity contribution is -0.147. The number of nitrogens with two attached hydrogens (primary N) is 6. The molecule has 4 saturated carbocycles. The van der Waals surface area contributed by atoms with Gasteiger partial charge in [-0.1, -0.05) is 117 Å². The van der Waals surface area contributed by atoms with Gasteiger partial charge in [0.1, 0.15) is 42.4 Å². The normalized spacial score (nSPS) is 23.2. The summed E-state index contributed by atoms with van der Waals surface area (Å²) >= 11 is 1.36. The number of alkyl carbamates (subject to hydrolysis) is 1.